The molecule has 0 N–H and O–H groups in total. The summed E-state index contributed by atoms with van der Waals surface area (Å²) in [6.07, 6.45) is 0. The van der Waals surface area contributed by atoms with Crippen LogP contribution in [0.4, 0.5) is 0 Å². The Morgan fingerprint density at radius 1 is 1.00 bits per heavy atom. The molecule has 0 nitrogen and oxygen atoms in total. The molecule has 0 spiro atoms. The van der Waals surface area contributed by atoms with Crippen molar-refractivity contribution >= 4 is 0 Å². The summed E-state index contributed by atoms with van der Waals surface area (Å²) in [5, 5.41) is 0. The van der Waals surface area contributed by atoms with Crippen molar-refractivity contribution in [2.24, 2.45) is 0 Å². The molecular formula is C4H13-. The minimum atomic E-state index is 0. The average molecular weight is 61.1 g/mol. The fraction of sp³-hybridized carbons (Fsp3) is 0.750. The van der Waals surface area contributed by atoms with Crippen molar-refractivity contribution in [3.63, 3.8) is 0 Å². The second-order valence-electron chi connectivity index (χ2n) is 0. The van der Waals surface area contributed by atoms with Gasteiger partial charge in [0, 0.05) is 0 Å². The van der Waals surface area contributed by atoms with Crippen LogP contribution >= 0.6 is 0 Å². The summed E-state index contributed by atoms with van der Waals surface area (Å²) in [4.78, 5) is 0. The lowest BCUT2D eigenvalue weighted by Crippen LogP contribution is -0.888. The van der Waals surface area contributed by atoms with Crippen molar-refractivity contribution in [1.29, 1.82) is 0 Å². The molecule has 0 fully saturated rings. The first-order chi connectivity index (χ1) is 1.00. The molecule has 0 radical (unpaired) electrons. The van der Waals surface area contributed by atoms with Crippen LogP contribution in [0.2, 0.25) is 0 Å². The summed E-state index contributed by atoms with van der Waals surface area (Å²) in [5.41, 5.74) is 0. The highest BCUT2D eigenvalue weighted by molar-refractivity contribution is 3.94. The standard InChI is InChI=1S/C2H5.2CH4/c1-2;;/h1H2,2H3;2*1H4/q-1;;. The van der Waals surface area contributed by atoms with Crippen molar-refractivity contribution < 1.29 is 0 Å². The van der Waals surface area contributed by atoms with Crippen LogP contribution in [0, 0.1) is 6.92 Å². The Morgan fingerprint density at radius 3 is 1.00 bits per heavy atom. The molecule has 0 aromatic carbocycles. The van der Waals surface area contributed by atoms with Crippen LogP contribution < -0.4 is 0 Å². The van der Waals surface area contributed by atoms with Gasteiger partial charge < -0.3 is 6.92 Å². The van der Waals surface area contributed by atoms with Crippen LogP contribution in [0.3, 0.4) is 0 Å². The smallest absolute Gasteiger partial charge is 0.0776 e. The van der Waals surface area contributed by atoms with Crippen LogP contribution in [0.15, 0.2) is 0 Å². The number of rotatable bonds is 0. The highest BCUT2D eigenvalue weighted by atomic mass is 13.0. The van der Waals surface area contributed by atoms with Crippen molar-refractivity contribution in [3.8, 4) is 0 Å². The Bertz CT molecular complexity index is 0. The molecule has 0 heterocycles. The molecule has 0 aliphatic rings. The van der Waals surface area contributed by atoms with E-state index in [1.807, 2.05) is 0 Å². The highest BCUT2D eigenvalue weighted by Gasteiger charge is 0.733. The summed E-state index contributed by atoms with van der Waals surface area (Å²) >= 11 is 0. The van der Waals surface area contributed by atoms with Gasteiger partial charge in [-0.05, 0) is 0 Å². The molecule has 4 heavy (non-hydrogen) atoms. The lowest BCUT2D eigenvalue weighted by molar-refractivity contribution is 1.81. The van der Waals surface area contributed by atoms with E-state index in [-0.39, 0.29) is 14.9 Å². The number of hydrogen-bond acceptors (Lipinski definition) is 0. The first-order valence-electron chi connectivity index (χ1n) is 0.707. The first kappa shape index (κ1) is 36.0. The van der Waals surface area contributed by atoms with Gasteiger partial charge in [0.25, 0.3) is 0 Å². The molecule has 0 atom stereocenters. The Labute approximate surface area is 29.8 Å². The third kappa shape index (κ3) is 0. The van der Waals surface area contributed by atoms with Gasteiger partial charge in [-0.15, -0.1) is 0 Å². The second kappa shape index (κ2) is 0. The second-order valence-corrected chi connectivity index (χ2v) is 0. The van der Waals surface area contributed by atoms with Crippen molar-refractivity contribution in [2.75, 3.05) is 0 Å². The molecule has 0 saturated heterocycles. The van der Waals surface area contributed by atoms with Crippen molar-refractivity contribution in [3.05, 3.63) is 6.92 Å². The van der Waals surface area contributed by atoms with Crippen molar-refractivity contribution in [1.82, 2.24) is 0 Å². The van der Waals surface area contributed by atoms with Gasteiger partial charge >= 0.3 is 0 Å². The third-order valence-electron chi connectivity index (χ3n) is 0. The normalized spacial score (nSPS) is 1.50. The van der Waals surface area contributed by atoms with Crippen LogP contribution in [0.25, 0.3) is 0 Å². The molecular weight excluding hydrogens is 48.0 g/mol. The maximum atomic E-state index is 3.25. The van der Waals surface area contributed by atoms with Gasteiger partial charge in [0.1, 0.15) is 0 Å². The predicted molar refractivity (Wildman–Crippen MR) is 24.5 cm³/mol. The molecule has 0 rings (SSSR count). The van der Waals surface area contributed by atoms with E-state index in [2.05, 4.69) is 6.92 Å². The van der Waals surface area contributed by atoms with E-state index in [9.17, 15) is 0 Å². The predicted octanol–water partition coefficient (Wildman–Crippen LogP) is 2.11. The molecule has 30 valence electrons. The zero-order valence-corrected chi connectivity index (χ0v) is 1.71. The summed E-state index contributed by atoms with van der Waals surface area (Å²) in [6, 6.07) is 0. The fourth-order valence-electron chi connectivity index (χ4n) is 0. The molecule has 0 amide bonds. The molecule has 0 bridgehead atoms. The Morgan fingerprint density at radius 2 is 1.00 bits per heavy atom. The van der Waals surface area contributed by atoms with Gasteiger partial charge in [-0.25, -0.2) is 0 Å². The van der Waals surface area contributed by atoms with Gasteiger partial charge in [-0.2, -0.15) is 6.92 Å². The molecule has 0 saturated carbocycles. The molecule has 0 heteroatoms. The van der Waals surface area contributed by atoms with Crippen LogP contribution in [0.1, 0.15) is 21.8 Å². The Kier molecular flexibility index (Phi) is 0. The quantitative estimate of drug-likeness (QED) is 0.376. The lowest BCUT2D eigenvalue weighted by atomic mass is 11.0. The SMILES string of the molecule is C.C.[CH2-]C. The summed E-state index contributed by atoms with van der Waals surface area (Å²) in [7, 11) is 0. The zero-order valence-electron chi connectivity index (χ0n) is 1.71. The van der Waals surface area contributed by atoms with Crippen molar-refractivity contribution in [2.45, 2.75) is 21.8 Å². The molecule has 0 aromatic heterocycles. The van der Waals surface area contributed by atoms with Gasteiger partial charge in [-0.1, -0.05) is 14.9 Å². The molecule has 0 aliphatic carbocycles. The maximum Gasteiger partial charge on any atom is -0.0776 e. The summed E-state index contributed by atoms with van der Waals surface area (Å²) in [6.45, 7) is 5.00. The Hall–Kier alpha value is 0. The minimum absolute atomic E-state index is 0. The third-order valence-corrected chi connectivity index (χ3v) is 0. The number of hydrogen-bond donors (Lipinski definition) is 0. The van der Waals surface area contributed by atoms with E-state index < -0.39 is 0 Å². The van der Waals surface area contributed by atoms with E-state index in [4.69, 9.17) is 0 Å². The highest BCUT2D eigenvalue weighted by Crippen LogP contribution is 1.11. The molecule has 0 aromatic rings. The first-order valence-corrected chi connectivity index (χ1v) is 0.707. The largest absolute Gasteiger partial charge is 0.346 e. The summed E-state index contributed by atoms with van der Waals surface area (Å²) < 4.78 is 0. The molecule has 0 unspecified atom stereocenters. The lowest BCUT2D eigenvalue weighted by Gasteiger charge is -1.27. The fourth-order valence-corrected chi connectivity index (χ4v) is 0. The van der Waals surface area contributed by atoms with E-state index in [1.54, 1.807) is 6.92 Å². The van der Waals surface area contributed by atoms with Crippen LogP contribution in [0.5, 0.6) is 0 Å². The molecule has 0 aliphatic heterocycles. The summed E-state index contributed by atoms with van der Waals surface area (Å²) in [5.74, 6) is 0. The zero-order chi connectivity index (χ0) is 2.00. The maximum absolute atomic E-state index is 3.25. The van der Waals surface area contributed by atoms with E-state index in [0.717, 1.165) is 0 Å². The average Bonchev–Trinajstić information content (AvgIpc) is 1.00. The van der Waals surface area contributed by atoms with Crippen LogP contribution in [-0.2, 0) is 0 Å². The van der Waals surface area contributed by atoms with Gasteiger partial charge in [0.15, 0.2) is 0 Å². The minimum Gasteiger partial charge on any atom is -0.346 e. The van der Waals surface area contributed by atoms with E-state index in [0.29, 0.717) is 0 Å². The van der Waals surface area contributed by atoms with Crippen LogP contribution in [-0.4, -0.2) is 0 Å². The van der Waals surface area contributed by atoms with Gasteiger partial charge in [-0.3, -0.25) is 0 Å². The van der Waals surface area contributed by atoms with Gasteiger partial charge in [0.2, 0.25) is 0 Å². The van der Waals surface area contributed by atoms with Gasteiger partial charge in [0.05, 0.1) is 0 Å². The monoisotopic (exact) mass is 61.1 g/mol. The Balaban J connectivity index is -0.00000000500. The topological polar surface area (TPSA) is 0 Å². The van der Waals surface area contributed by atoms with E-state index >= 15 is 0 Å². The van der Waals surface area contributed by atoms with E-state index in [1.165, 1.54) is 0 Å².